The molecule has 0 radical (unpaired) electrons. The number of nitrogens with zero attached hydrogens (tertiary/aromatic N) is 3. The van der Waals surface area contributed by atoms with Crippen LogP contribution in [0.5, 0.6) is 0 Å². The van der Waals surface area contributed by atoms with Gasteiger partial charge in [0.05, 0.1) is 6.54 Å². The third kappa shape index (κ3) is 4.78. The Hall–Kier alpha value is -0.940. The fourth-order valence-corrected chi connectivity index (χ4v) is 2.62. The minimum absolute atomic E-state index is 0.0602. The monoisotopic (exact) mass is 294 g/mol. The van der Waals surface area contributed by atoms with Crippen molar-refractivity contribution in [1.29, 1.82) is 0 Å². The van der Waals surface area contributed by atoms with Crippen molar-refractivity contribution in [3.63, 3.8) is 0 Å². The highest BCUT2D eigenvalue weighted by Gasteiger charge is 2.24. The van der Waals surface area contributed by atoms with Crippen LogP contribution in [0.3, 0.4) is 0 Å². The lowest BCUT2D eigenvalue weighted by Gasteiger charge is -2.32. The molecule has 1 unspecified atom stereocenters. The number of hydrogen-bond donors (Lipinski definition) is 1. The number of aromatic nitrogens is 2. The first kappa shape index (κ1) is 16.4. The molecular formula is C16H30N4O. The van der Waals surface area contributed by atoms with Crippen LogP contribution in [0.15, 0.2) is 4.52 Å². The van der Waals surface area contributed by atoms with Crippen molar-refractivity contribution in [3.05, 3.63) is 11.7 Å². The van der Waals surface area contributed by atoms with Gasteiger partial charge in [-0.05, 0) is 33.2 Å². The summed E-state index contributed by atoms with van der Waals surface area (Å²) in [4.78, 5) is 6.98. The molecule has 1 saturated heterocycles. The molecule has 0 saturated carbocycles. The van der Waals surface area contributed by atoms with E-state index in [0.717, 1.165) is 31.3 Å². The van der Waals surface area contributed by atoms with E-state index in [2.05, 4.69) is 55.0 Å². The Balaban J connectivity index is 1.97. The predicted octanol–water partition coefficient (Wildman–Crippen LogP) is 2.72. The maximum absolute atomic E-state index is 5.44. The Bertz CT molecular complexity index is 430. The van der Waals surface area contributed by atoms with Gasteiger partial charge in [-0.15, -0.1) is 0 Å². The SMILES string of the molecule is CC(C)N(Cc1nc(C(C)(C)C)no1)CC1CCCCN1. The van der Waals surface area contributed by atoms with Gasteiger partial charge in [-0.1, -0.05) is 32.3 Å². The largest absolute Gasteiger partial charge is 0.338 e. The normalized spacial score (nSPS) is 20.4. The van der Waals surface area contributed by atoms with E-state index in [1.807, 2.05) is 0 Å². The molecule has 1 aromatic rings. The molecule has 5 heteroatoms. The Morgan fingerprint density at radius 2 is 2.10 bits per heavy atom. The number of rotatable bonds is 5. The van der Waals surface area contributed by atoms with Crippen LogP contribution >= 0.6 is 0 Å². The van der Waals surface area contributed by atoms with E-state index in [-0.39, 0.29) is 5.41 Å². The van der Waals surface area contributed by atoms with E-state index in [1.54, 1.807) is 0 Å². The zero-order valence-corrected chi connectivity index (χ0v) is 14.1. The van der Waals surface area contributed by atoms with Crippen molar-refractivity contribution >= 4 is 0 Å². The second kappa shape index (κ2) is 6.88. The highest BCUT2D eigenvalue weighted by molar-refractivity contribution is 5.00. The van der Waals surface area contributed by atoms with Gasteiger partial charge in [-0.25, -0.2) is 0 Å². The van der Waals surface area contributed by atoms with Crippen molar-refractivity contribution in [2.24, 2.45) is 0 Å². The van der Waals surface area contributed by atoms with Gasteiger partial charge in [0.2, 0.25) is 5.89 Å². The van der Waals surface area contributed by atoms with Crippen LogP contribution in [0.1, 0.15) is 65.6 Å². The molecule has 1 aromatic heterocycles. The molecular weight excluding hydrogens is 264 g/mol. The molecule has 2 rings (SSSR count). The lowest BCUT2D eigenvalue weighted by molar-refractivity contribution is 0.157. The fraction of sp³-hybridized carbons (Fsp3) is 0.875. The maximum atomic E-state index is 5.44. The van der Waals surface area contributed by atoms with E-state index in [4.69, 9.17) is 4.52 Å². The van der Waals surface area contributed by atoms with E-state index < -0.39 is 0 Å². The van der Waals surface area contributed by atoms with Crippen molar-refractivity contribution < 1.29 is 4.52 Å². The van der Waals surface area contributed by atoms with Gasteiger partial charge in [-0.3, -0.25) is 4.90 Å². The number of piperidine rings is 1. The van der Waals surface area contributed by atoms with Gasteiger partial charge in [-0.2, -0.15) is 4.98 Å². The van der Waals surface area contributed by atoms with Gasteiger partial charge in [0.1, 0.15) is 0 Å². The van der Waals surface area contributed by atoms with E-state index in [9.17, 15) is 0 Å². The molecule has 1 aliphatic heterocycles. The molecule has 0 aliphatic carbocycles. The molecule has 1 N–H and O–H groups in total. The summed E-state index contributed by atoms with van der Waals surface area (Å²) in [6.07, 6.45) is 3.90. The van der Waals surface area contributed by atoms with Crippen LogP contribution in [-0.4, -0.2) is 40.2 Å². The molecule has 1 aliphatic rings. The quantitative estimate of drug-likeness (QED) is 0.905. The Morgan fingerprint density at radius 3 is 2.62 bits per heavy atom. The second-order valence-electron chi connectivity index (χ2n) is 7.43. The summed E-state index contributed by atoms with van der Waals surface area (Å²) in [7, 11) is 0. The van der Waals surface area contributed by atoms with Crippen LogP contribution in [0.2, 0.25) is 0 Å². The molecule has 2 heterocycles. The minimum Gasteiger partial charge on any atom is -0.338 e. The van der Waals surface area contributed by atoms with Gasteiger partial charge in [0.15, 0.2) is 5.82 Å². The summed E-state index contributed by atoms with van der Waals surface area (Å²) in [5.74, 6) is 1.52. The van der Waals surface area contributed by atoms with E-state index in [0.29, 0.717) is 12.1 Å². The lowest BCUT2D eigenvalue weighted by Crippen LogP contribution is -2.45. The molecule has 0 amide bonds. The smallest absolute Gasteiger partial charge is 0.240 e. The molecule has 0 spiro atoms. The first-order chi connectivity index (χ1) is 9.86. The van der Waals surface area contributed by atoms with Gasteiger partial charge in [0, 0.05) is 24.0 Å². The van der Waals surface area contributed by atoms with Crippen LogP contribution in [0.25, 0.3) is 0 Å². The predicted molar refractivity (Wildman–Crippen MR) is 84.2 cm³/mol. The Labute approximate surface area is 128 Å². The third-order valence-electron chi connectivity index (χ3n) is 4.07. The summed E-state index contributed by atoms with van der Waals surface area (Å²) >= 11 is 0. The van der Waals surface area contributed by atoms with Gasteiger partial charge < -0.3 is 9.84 Å². The minimum atomic E-state index is -0.0602. The van der Waals surface area contributed by atoms with Crippen molar-refractivity contribution in [3.8, 4) is 0 Å². The summed E-state index contributed by atoms with van der Waals surface area (Å²) in [6.45, 7) is 13.7. The zero-order chi connectivity index (χ0) is 15.5. The summed E-state index contributed by atoms with van der Waals surface area (Å²) in [6, 6.07) is 1.06. The molecule has 21 heavy (non-hydrogen) atoms. The third-order valence-corrected chi connectivity index (χ3v) is 4.07. The zero-order valence-electron chi connectivity index (χ0n) is 14.1. The highest BCUT2D eigenvalue weighted by Crippen LogP contribution is 2.19. The molecule has 0 aromatic carbocycles. The average molecular weight is 294 g/mol. The Kier molecular flexibility index (Phi) is 5.38. The number of hydrogen-bond acceptors (Lipinski definition) is 5. The van der Waals surface area contributed by atoms with E-state index >= 15 is 0 Å². The highest BCUT2D eigenvalue weighted by atomic mass is 16.5. The summed E-state index contributed by atoms with van der Waals surface area (Å²) in [5, 5.41) is 7.73. The fourth-order valence-electron chi connectivity index (χ4n) is 2.62. The summed E-state index contributed by atoms with van der Waals surface area (Å²) < 4.78 is 5.44. The standard InChI is InChI=1S/C16H30N4O/c1-12(2)20(10-13-8-6-7-9-17-13)11-14-18-15(19-21-14)16(3,4)5/h12-13,17H,6-11H2,1-5H3. The first-order valence-corrected chi connectivity index (χ1v) is 8.17. The van der Waals surface area contributed by atoms with E-state index in [1.165, 1.54) is 19.3 Å². The van der Waals surface area contributed by atoms with Crippen molar-refractivity contribution in [1.82, 2.24) is 20.4 Å². The molecule has 120 valence electrons. The average Bonchev–Trinajstić information content (AvgIpc) is 2.87. The lowest BCUT2D eigenvalue weighted by atomic mass is 9.96. The summed E-state index contributed by atoms with van der Waals surface area (Å²) in [5.41, 5.74) is -0.0602. The van der Waals surface area contributed by atoms with Crippen molar-refractivity contribution in [2.75, 3.05) is 13.1 Å². The molecule has 5 nitrogen and oxygen atoms in total. The van der Waals surface area contributed by atoms with Gasteiger partial charge in [0.25, 0.3) is 0 Å². The maximum Gasteiger partial charge on any atom is 0.240 e. The molecule has 0 bridgehead atoms. The number of nitrogens with one attached hydrogen (secondary N) is 1. The Morgan fingerprint density at radius 1 is 1.33 bits per heavy atom. The van der Waals surface area contributed by atoms with Crippen molar-refractivity contribution in [2.45, 2.75) is 77.9 Å². The van der Waals surface area contributed by atoms with Crippen LogP contribution < -0.4 is 5.32 Å². The van der Waals surface area contributed by atoms with Crippen LogP contribution in [-0.2, 0) is 12.0 Å². The first-order valence-electron chi connectivity index (χ1n) is 8.17. The van der Waals surface area contributed by atoms with Gasteiger partial charge >= 0.3 is 0 Å². The van der Waals surface area contributed by atoms with Crippen LogP contribution in [0.4, 0.5) is 0 Å². The topological polar surface area (TPSA) is 54.2 Å². The second-order valence-corrected chi connectivity index (χ2v) is 7.43. The van der Waals surface area contributed by atoms with Crippen LogP contribution in [0, 0.1) is 0 Å². The molecule has 1 fully saturated rings. The molecule has 1 atom stereocenters.